The quantitative estimate of drug-likeness (QED) is 0.442. The van der Waals surface area contributed by atoms with E-state index in [-0.39, 0.29) is 5.91 Å². The molecule has 0 saturated heterocycles. The van der Waals surface area contributed by atoms with Crippen molar-refractivity contribution in [1.82, 2.24) is 9.97 Å². The van der Waals surface area contributed by atoms with Crippen LogP contribution < -0.4 is 15.0 Å². The molecule has 2 aromatic carbocycles. The molecule has 1 aliphatic carbocycles. The van der Waals surface area contributed by atoms with Crippen LogP contribution in [0.15, 0.2) is 60.8 Å². The zero-order chi connectivity index (χ0) is 22.9. The SMILES string of the molecule is COc1cccc(-c2cc3c(s2)CCc2cnc(NC(=O)c4ccc(N(C)C)cc4)nc2-3)c1. The number of hydrogen-bond acceptors (Lipinski definition) is 6. The Kier molecular flexibility index (Phi) is 5.56. The van der Waals surface area contributed by atoms with E-state index in [0.29, 0.717) is 11.5 Å². The van der Waals surface area contributed by atoms with Gasteiger partial charge in [-0.2, -0.15) is 0 Å². The number of amides is 1. The Hall–Kier alpha value is -3.71. The topological polar surface area (TPSA) is 67.3 Å². The number of rotatable bonds is 5. The molecule has 4 aromatic rings. The Morgan fingerprint density at radius 2 is 1.91 bits per heavy atom. The molecule has 1 amide bonds. The first-order valence-corrected chi connectivity index (χ1v) is 11.6. The molecule has 1 aliphatic rings. The summed E-state index contributed by atoms with van der Waals surface area (Å²) in [6, 6.07) is 17.7. The average Bonchev–Trinajstić information content (AvgIpc) is 3.29. The number of benzene rings is 2. The zero-order valence-electron chi connectivity index (χ0n) is 18.8. The van der Waals surface area contributed by atoms with Gasteiger partial charge >= 0.3 is 0 Å². The number of anilines is 2. The molecular weight excluding hydrogens is 432 g/mol. The van der Waals surface area contributed by atoms with E-state index in [0.717, 1.165) is 46.7 Å². The van der Waals surface area contributed by atoms with Gasteiger partial charge in [0.15, 0.2) is 0 Å². The molecule has 0 spiro atoms. The van der Waals surface area contributed by atoms with E-state index in [1.54, 1.807) is 30.6 Å². The predicted octanol–water partition coefficient (Wildman–Crippen LogP) is 5.30. The third-order valence-electron chi connectivity index (χ3n) is 5.78. The number of ether oxygens (including phenoxy) is 1. The second kappa shape index (κ2) is 8.67. The smallest absolute Gasteiger partial charge is 0.258 e. The Bertz CT molecular complexity index is 1330. The number of nitrogens with one attached hydrogen (secondary N) is 1. The average molecular weight is 457 g/mol. The van der Waals surface area contributed by atoms with Crippen LogP contribution in [0, 0.1) is 0 Å². The Balaban J connectivity index is 1.42. The molecule has 6 nitrogen and oxygen atoms in total. The van der Waals surface area contributed by atoms with E-state index in [9.17, 15) is 4.79 Å². The number of nitrogens with zero attached hydrogens (tertiary/aromatic N) is 3. The van der Waals surface area contributed by atoms with Crippen LogP contribution in [-0.2, 0) is 12.8 Å². The number of thiophene rings is 1. The van der Waals surface area contributed by atoms with Crippen molar-refractivity contribution >= 4 is 28.9 Å². The molecule has 7 heteroatoms. The van der Waals surface area contributed by atoms with Crippen molar-refractivity contribution in [1.29, 1.82) is 0 Å². The summed E-state index contributed by atoms with van der Waals surface area (Å²) in [6.45, 7) is 0. The van der Waals surface area contributed by atoms with Crippen molar-refractivity contribution < 1.29 is 9.53 Å². The highest BCUT2D eigenvalue weighted by molar-refractivity contribution is 7.16. The molecule has 2 aromatic heterocycles. The number of hydrogen-bond donors (Lipinski definition) is 1. The molecule has 33 heavy (non-hydrogen) atoms. The van der Waals surface area contributed by atoms with E-state index in [2.05, 4.69) is 22.4 Å². The van der Waals surface area contributed by atoms with Crippen LogP contribution in [0.4, 0.5) is 11.6 Å². The van der Waals surface area contributed by atoms with Gasteiger partial charge < -0.3 is 9.64 Å². The minimum Gasteiger partial charge on any atom is -0.497 e. The number of aryl methyl sites for hydroxylation is 2. The Morgan fingerprint density at radius 3 is 2.67 bits per heavy atom. The van der Waals surface area contributed by atoms with Crippen molar-refractivity contribution in [2.45, 2.75) is 12.8 Å². The highest BCUT2D eigenvalue weighted by Crippen LogP contribution is 2.42. The van der Waals surface area contributed by atoms with E-state index in [4.69, 9.17) is 9.72 Å². The lowest BCUT2D eigenvalue weighted by molar-refractivity contribution is 0.102. The molecule has 0 radical (unpaired) electrons. The summed E-state index contributed by atoms with van der Waals surface area (Å²) >= 11 is 1.78. The van der Waals surface area contributed by atoms with E-state index >= 15 is 0 Å². The zero-order valence-corrected chi connectivity index (χ0v) is 19.6. The molecule has 2 heterocycles. The summed E-state index contributed by atoms with van der Waals surface area (Å²) in [6.07, 6.45) is 3.68. The van der Waals surface area contributed by atoms with Crippen LogP contribution in [0.25, 0.3) is 21.7 Å². The highest BCUT2D eigenvalue weighted by Gasteiger charge is 2.22. The third kappa shape index (κ3) is 4.19. The molecular formula is C26H24N4O2S. The maximum absolute atomic E-state index is 12.7. The number of aromatic nitrogens is 2. The van der Waals surface area contributed by atoms with Gasteiger partial charge in [0.05, 0.1) is 12.8 Å². The Morgan fingerprint density at radius 1 is 1.09 bits per heavy atom. The first-order valence-electron chi connectivity index (χ1n) is 10.7. The molecule has 5 rings (SSSR count). The largest absolute Gasteiger partial charge is 0.497 e. The minimum absolute atomic E-state index is 0.223. The summed E-state index contributed by atoms with van der Waals surface area (Å²) < 4.78 is 5.38. The van der Waals surface area contributed by atoms with Crippen LogP contribution in [0.2, 0.25) is 0 Å². The fourth-order valence-corrected chi connectivity index (χ4v) is 5.11. The summed E-state index contributed by atoms with van der Waals surface area (Å²) in [7, 11) is 5.61. The van der Waals surface area contributed by atoms with Crippen molar-refractivity contribution in [2.75, 3.05) is 31.4 Å². The molecule has 0 saturated carbocycles. The van der Waals surface area contributed by atoms with Gasteiger partial charge in [-0.25, -0.2) is 9.97 Å². The monoisotopic (exact) mass is 456 g/mol. The molecule has 0 fully saturated rings. The van der Waals surface area contributed by atoms with Crippen LogP contribution in [0.5, 0.6) is 5.75 Å². The van der Waals surface area contributed by atoms with Gasteiger partial charge in [0.1, 0.15) is 5.75 Å². The van der Waals surface area contributed by atoms with E-state index < -0.39 is 0 Å². The fourth-order valence-electron chi connectivity index (χ4n) is 3.95. The first-order chi connectivity index (χ1) is 16.0. The summed E-state index contributed by atoms with van der Waals surface area (Å²) in [5, 5.41) is 2.85. The second-order valence-corrected chi connectivity index (χ2v) is 9.28. The summed E-state index contributed by atoms with van der Waals surface area (Å²) in [5.74, 6) is 0.932. The second-order valence-electron chi connectivity index (χ2n) is 8.14. The minimum atomic E-state index is -0.223. The fraction of sp³-hybridized carbons (Fsp3) is 0.192. The highest BCUT2D eigenvalue weighted by atomic mass is 32.1. The maximum atomic E-state index is 12.7. The maximum Gasteiger partial charge on any atom is 0.258 e. The van der Waals surface area contributed by atoms with Gasteiger partial charge in [0, 0.05) is 46.9 Å². The normalized spacial score (nSPS) is 12.0. The van der Waals surface area contributed by atoms with Crippen LogP contribution in [0.3, 0.4) is 0 Å². The van der Waals surface area contributed by atoms with Crippen LogP contribution in [0.1, 0.15) is 20.8 Å². The number of carbonyl (C=O) groups excluding carboxylic acids is 1. The molecule has 0 bridgehead atoms. The van der Waals surface area contributed by atoms with Gasteiger partial charge in [-0.15, -0.1) is 11.3 Å². The van der Waals surface area contributed by atoms with Gasteiger partial charge in [-0.05, 0) is 66.4 Å². The van der Waals surface area contributed by atoms with Crippen molar-refractivity contribution in [3.8, 4) is 27.4 Å². The lowest BCUT2D eigenvalue weighted by Crippen LogP contribution is -2.16. The lowest BCUT2D eigenvalue weighted by Gasteiger charge is -2.16. The first kappa shape index (κ1) is 21.2. The molecule has 166 valence electrons. The van der Waals surface area contributed by atoms with Crippen molar-refractivity contribution in [3.63, 3.8) is 0 Å². The van der Waals surface area contributed by atoms with Crippen molar-refractivity contribution in [2.24, 2.45) is 0 Å². The predicted molar refractivity (Wildman–Crippen MR) is 133 cm³/mol. The third-order valence-corrected chi connectivity index (χ3v) is 7.02. The van der Waals surface area contributed by atoms with Gasteiger partial charge in [-0.3, -0.25) is 10.1 Å². The Labute approximate surface area is 196 Å². The number of fused-ring (bicyclic) bond motifs is 3. The molecule has 0 aliphatic heterocycles. The standard InChI is InChI=1S/C26H24N4O2S/c1-30(2)19-10-7-16(8-11-19)25(31)29-26-27-15-18-9-12-22-21(24(18)28-26)14-23(33-22)17-5-4-6-20(13-17)32-3/h4-8,10-11,13-15H,9,12H2,1-3H3,(H,27,28,29,31). The van der Waals surface area contributed by atoms with Gasteiger partial charge in [-0.1, -0.05) is 12.1 Å². The molecule has 0 unspecified atom stereocenters. The van der Waals surface area contributed by atoms with Crippen LogP contribution >= 0.6 is 11.3 Å². The summed E-state index contributed by atoms with van der Waals surface area (Å²) in [5.41, 5.74) is 5.85. The van der Waals surface area contributed by atoms with E-state index in [1.165, 1.54) is 9.75 Å². The van der Waals surface area contributed by atoms with Gasteiger partial charge in [0.2, 0.25) is 5.95 Å². The number of carbonyl (C=O) groups is 1. The lowest BCUT2D eigenvalue weighted by atomic mass is 9.96. The van der Waals surface area contributed by atoms with Crippen molar-refractivity contribution in [3.05, 3.63) is 76.8 Å². The summed E-state index contributed by atoms with van der Waals surface area (Å²) in [4.78, 5) is 26.4. The molecule has 1 N–H and O–H groups in total. The molecule has 0 atom stereocenters. The number of methoxy groups -OCH3 is 1. The van der Waals surface area contributed by atoms with Crippen LogP contribution in [-0.4, -0.2) is 37.1 Å². The van der Waals surface area contributed by atoms with E-state index in [1.807, 2.05) is 55.5 Å². The van der Waals surface area contributed by atoms with Gasteiger partial charge in [0.25, 0.3) is 5.91 Å².